The van der Waals surface area contributed by atoms with Crippen molar-refractivity contribution >= 4 is 9.84 Å². The molecule has 72 valence electrons. The number of hydrogen-bond donors (Lipinski definition) is 1. The van der Waals surface area contributed by atoms with E-state index in [1.807, 2.05) is 0 Å². The molecule has 1 heterocycles. The molecule has 0 unspecified atom stereocenters. The summed E-state index contributed by atoms with van der Waals surface area (Å²) in [6, 6.07) is 3.13. The Morgan fingerprint density at radius 3 is 2.77 bits per heavy atom. The van der Waals surface area contributed by atoms with E-state index in [1.54, 1.807) is 13.0 Å². The Kier molecular flexibility index (Phi) is 3.00. The van der Waals surface area contributed by atoms with E-state index in [0.717, 1.165) is 0 Å². The van der Waals surface area contributed by atoms with Gasteiger partial charge in [-0.05, 0) is 12.1 Å². The minimum absolute atomic E-state index is 0.0751. The fourth-order valence-electron chi connectivity index (χ4n) is 1.02. The molecule has 1 aromatic heterocycles. The van der Waals surface area contributed by atoms with Crippen molar-refractivity contribution in [3.8, 4) is 0 Å². The molecule has 0 radical (unpaired) electrons. The zero-order valence-electron chi connectivity index (χ0n) is 7.40. The Hall–Kier alpha value is -0.940. The van der Waals surface area contributed by atoms with Crippen LogP contribution in [0, 0.1) is 0 Å². The van der Waals surface area contributed by atoms with E-state index in [1.165, 1.54) is 12.3 Å². The van der Waals surface area contributed by atoms with Gasteiger partial charge in [0.15, 0.2) is 9.84 Å². The number of aromatic nitrogens is 1. The van der Waals surface area contributed by atoms with Crippen LogP contribution in [0.4, 0.5) is 0 Å². The molecule has 0 aromatic carbocycles. The minimum atomic E-state index is -3.18. The van der Waals surface area contributed by atoms with E-state index >= 15 is 0 Å². The van der Waals surface area contributed by atoms with Gasteiger partial charge >= 0.3 is 0 Å². The summed E-state index contributed by atoms with van der Waals surface area (Å²) in [7, 11) is -3.18. The Bertz CT molecular complexity index is 387. The van der Waals surface area contributed by atoms with Crippen LogP contribution in [0.3, 0.4) is 0 Å². The molecule has 5 heteroatoms. The van der Waals surface area contributed by atoms with Gasteiger partial charge in [-0.15, -0.1) is 0 Å². The average molecular weight is 200 g/mol. The molecule has 13 heavy (non-hydrogen) atoms. The molecule has 0 saturated carbocycles. The van der Waals surface area contributed by atoms with Crippen molar-refractivity contribution in [3.05, 3.63) is 24.0 Å². The SMILES string of the molecule is CCS(=O)(=O)c1cccnc1CN. The van der Waals surface area contributed by atoms with Crippen LogP contribution in [0.2, 0.25) is 0 Å². The van der Waals surface area contributed by atoms with E-state index in [-0.39, 0.29) is 17.2 Å². The number of hydrogen-bond acceptors (Lipinski definition) is 4. The summed E-state index contributed by atoms with van der Waals surface area (Å²) in [5.74, 6) is 0.0751. The summed E-state index contributed by atoms with van der Waals surface area (Å²) in [5.41, 5.74) is 5.81. The lowest BCUT2D eigenvalue weighted by atomic mass is 10.3. The van der Waals surface area contributed by atoms with Crippen LogP contribution in [-0.4, -0.2) is 19.2 Å². The van der Waals surface area contributed by atoms with Crippen LogP contribution in [0.15, 0.2) is 23.2 Å². The molecular weight excluding hydrogens is 188 g/mol. The van der Waals surface area contributed by atoms with Crippen LogP contribution < -0.4 is 5.73 Å². The number of rotatable bonds is 3. The first-order valence-electron chi connectivity index (χ1n) is 3.98. The number of sulfone groups is 1. The molecule has 0 bridgehead atoms. The minimum Gasteiger partial charge on any atom is -0.325 e. The third-order valence-corrected chi connectivity index (χ3v) is 3.56. The summed E-state index contributed by atoms with van der Waals surface area (Å²) in [6.07, 6.45) is 1.54. The first-order chi connectivity index (χ1) is 6.11. The Morgan fingerprint density at radius 1 is 1.54 bits per heavy atom. The molecular formula is C8H12N2O2S. The zero-order chi connectivity index (χ0) is 9.90. The lowest BCUT2D eigenvalue weighted by molar-refractivity contribution is 0.595. The normalized spacial score (nSPS) is 11.5. The van der Waals surface area contributed by atoms with E-state index in [9.17, 15) is 8.42 Å². The molecule has 0 aliphatic heterocycles. The number of nitrogens with zero attached hydrogens (tertiary/aromatic N) is 1. The predicted octanol–water partition coefficient (Wildman–Crippen LogP) is 0.334. The van der Waals surface area contributed by atoms with Gasteiger partial charge in [0.2, 0.25) is 0 Å². The molecule has 0 aliphatic rings. The quantitative estimate of drug-likeness (QED) is 0.763. The van der Waals surface area contributed by atoms with E-state index in [0.29, 0.717) is 5.69 Å². The van der Waals surface area contributed by atoms with Crippen LogP contribution >= 0.6 is 0 Å². The monoisotopic (exact) mass is 200 g/mol. The summed E-state index contributed by atoms with van der Waals surface area (Å²) < 4.78 is 23.0. The highest BCUT2D eigenvalue weighted by Gasteiger charge is 2.15. The standard InChI is InChI=1S/C8H12N2O2S/c1-2-13(11,12)8-4-3-5-10-7(8)6-9/h3-5H,2,6,9H2,1H3. The van der Waals surface area contributed by atoms with Gasteiger partial charge in [0.05, 0.1) is 16.3 Å². The van der Waals surface area contributed by atoms with Crippen LogP contribution in [0.5, 0.6) is 0 Å². The highest BCUT2D eigenvalue weighted by molar-refractivity contribution is 7.91. The average Bonchev–Trinajstić information content (AvgIpc) is 2.18. The summed E-state index contributed by atoms with van der Waals surface area (Å²) >= 11 is 0. The highest BCUT2D eigenvalue weighted by atomic mass is 32.2. The zero-order valence-corrected chi connectivity index (χ0v) is 8.21. The highest BCUT2D eigenvalue weighted by Crippen LogP contribution is 2.13. The maximum atomic E-state index is 11.5. The number of pyridine rings is 1. The van der Waals surface area contributed by atoms with Crippen molar-refractivity contribution < 1.29 is 8.42 Å². The van der Waals surface area contributed by atoms with Crippen molar-refractivity contribution in [2.75, 3.05) is 5.75 Å². The van der Waals surface area contributed by atoms with Crippen molar-refractivity contribution in [2.45, 2.75) is 18.4 Å². The van der Waals surface area contributed by atoms with Gasteiger partial charge < -0.3 is 5.73 Å². The van der Waals surface area contributed by atoms with Crippen LogP contribution in [-0.2, 0) is 16.4 Å². The summed E-state index contributed by atoms with van der Waals surface area (Å²) in [4.78, 5) is 4.16. The molecule has 0 amide bonds. The second kappa shape index (κ2) is 3.85. The molecule has 0 fully saturated rings. The van der Waals surface area contributed by atoms with Gasteiger partial charge in [-0.2, -0.15) is 0 Å². The first kappa shape index (κ1) is 10.1. The van der Waals surface area contributed by atoms with Crippen molar-refractivity contribution in [1.29, 1.82) is 0 Å². The Balaban J connectivity index is 3.29. The molecule has 0 atom stereocenters. The maximum absolute atomic E-state index is 11.5. The Labute approximate surface area is 77.7 Å². The topological polar surface area (TPSA) is 73.0 Å². The molecule has 1 rings (SSSR count). The lowest BCUT2D eigenvalue weighted by Crippen LogP contribution is -2.11. The van der Waals surface area contributed by atoms with Crippen molar-refractivity contribution in [3.63, 3.8) is 0 Å². The van der Waals surface area contributed by atoms with Gasteiger partial charge in [0.1, 0.15) is 0 Å². The molecule has 0 saturated heterocycles. The molecule has 1 aromatic rings. The lowest BCUT2D eigenvalue weighted by Gasteiger charge is -2.04. The van der Waals surface area contributed by atoms with Crippen LogP contribution in [0.1, 0.15) is 12.6 Å². The van der Waals surface area contributed by atoms with E-state index < -0.39 is 9.84 Å². The molecule has 0 aliphatic carbocycles. The maximum Gasteiger partial charge on any atom is 0.179 e. The van der Waals surface area contributed by atoms with E-state index in [2.05, 4.69) is 4.98 Å². The second-order valence-corrected chi connectivity index (χ2v) is 4.80. The van der Waals surface area contributed by atoms with Gasteiger partial charge in [-0.3, -0.25) is 4.98 Å². The smallest absolute Gasteiger partial charge is 0.179 e. The van der Waals surface area contributed by atoms with E-state index in [4.69, 9.17) is 5.73 Å². The summed E-state index contributed by atoms with van der Waals surface area (Å²) in [5, 5.41) is 0. The third kappa shape index (κ3) is 2.05. The largest absolute Gasteiger partial charge is 0.325 e. The summed E-state index contributed by atoms with van der Waals surface area (Å²) in [6.45, 7) is 1.75. The first-order valence-corrected chi connectivity index (χ1v) is 5.63. The van der Waals surface area contributed by atoms with Gasteiger partial charge in [0, 0.05) is 12.7 Å². The van der Waals surface area contributed by atoms with Gasteiger partial charge in [-0.25, -0.2) is 8.42 Å². The van der Waals surface area contributed by atoms with Crippen molar-refractivity contribution in [1.82, 2.24) is 4.98 Å². The third-order valence-electron chi connectivity index (χ3n) is 1.76. The molecule has 0 spiro atoms. The van der Waals surface area contributed by atoms with Gasteiger partial charge in [-0.1, -0.05) is 6.92 Å². The fraction of sp³-hybridized carbons (Fsp3) is 0.375. The fourth-order valence-corrected chi connectivity index (χ4v) is 2.11. The van der Waals surface area contributed by atoms with Crippen molar-refractivity contribution in [2.24, 2.45) is 5.73 Å². The Morgan fingerprint density at radius 2 is 2.23 bits per heavy atom. The van der Waals surface area contributed by atoms with Gasteiger partial charge in [0.25, 0.3) is 0 Å². The molecule has 4 nitrogen and oxygen atoms in total. The number of nitrogens with two attached hydrogens (primary N) is 1. The van der Waals surface area contributed by atoms with Crippen LogP contribution in [0.25, 0.3) is 0 Å². The predicted molar refractivity (Wildman–Crippen MR) is 49.9 cm³/mol. The second-order valence-electron chi connectivity index (χ2n) is 2.56. The molecule has 2 N–H and O–H groups in total.